The lowest BCUT2D eigenvalue weighted by Gasteiger charge is -2.30. The van der Waals surface area contributed by atoms with Crippen molar-refractivity contribution >= 4 is 6.09 Å². The van der Waals surface area contributed by atoms with Gasteiger partial charge in [0.25, 0.3) is 0 Å². The number of piperidine rings is 1. The molecule has 4 nitrogen and oxygen atoms in total. The van der Waals surface area contributed by atoms with Crippen LogP contribution in [-0.2, 0) is 4.74 Å². The summed E-state index contributed by atoms with van der Waals surface area (Å²) in [5, 5.41) is 2.83. The van der Waals surface area contributed by atoms with Crippen LogP contribution in [-0.4, -0.2) is 43.8 Å². The van der Waals surface area contributed by atoms with E-state index in [9.17, 15) is 4.79 Å². The highest BCUT2D eigenvalue weighted by molar-refractivity contribution is 5.67. The number of alkyl carbamates (subject to hydrolysis) is 1. The molecule has 0 aliphatic carbocycles. The second-order valence-corrected chi connectivity index (χ2v) is 3.34. The summed E-state index contributed by atoms with van der Waals surface area (Å²) in [4.78, 5) is 13.3. The Morgan fingerprint density at radius 1 is 1.54 bits per heavy atom. The highest BCUT2D eigenvalue weighted by Gasteiger charge is 2.19. The van der Waals surface area contributed by atoms with E-state index in [-0.39, 0.29) is 6.09 Å². The number of hydrogen-bond donors (Lipinski definition) is 1. The number of amides is 1. The van der Waals surface area contributed by atoms with Crippen LogP contribution >= 0.6 is 0 Å². The van der Waals surface area contributed by atoms with E-state index in [2.05, 4.69) is 21.9 Å². The van der Waals surface area contributed by atoms with Crippen LogP contribution in [0.4, 0.5) is 4.79 Å². The van der Waals surface area contributed by atoms with Gasteiger partial charge in [0.05, 0.1) is 7.11 Å². The van der Waals surface area contributed by atoms with Gasteiger partial charge in [-0.1, -0.05) is 6.92 Å². The molecule has 1 amide bonds. The molecule has 13 heavy (non-hydrogen) atoms. The Kier molecular flexibility index (Phi) is 4.02. The number of carbonyl (C=O) groups excluding carboxylic acids is 1. The predicted molar refractivity (Wildman–Crippen MR) is 50.7 cm³/mol. The zero-order chi connectivity index (χ0) is 9.68. The molecule has 0 aromatic heterocycles. The van der Waals surface area contributed by atoms with E-state index in [1.807, 2.05) is 0 Å². The summed E-state index contributed by atoms with van der Waals surface area (Å²) in [5.41, 5.74) is 0. The van der Waals surface area contributed by atoms with Gasteiger partial charge in [0.1, 0.15) is 0 Å². The molecular formula is C9H18N2O2. The van der Waals surface area contributed by atoms with Crippen molar-refractivity contribution in [3.63, 3.8) is 0 Å². The molecule has 0 radical (unpaired) electrons. The lowest BCUT2D eigenvalue weighted by Crippen LogP contribution is -2.44. The van der Waals surface area contributed by atoms with Gasteiger partial charge in [-0.2, -0.15) is 0 Å². The number of carbonyl (C=O) groups is 1. The van der Waals surface area contributed by atoms with Gasteiger partial charge in [-0.15, -0.1) is 0 Å². The summed E-state index contributed by atoms with van der Waals surface area (Å²) in [6, 6.07) is 0.301. The van der Waals surface area contributed by atoms with Crippen LogP contribution in [0.15, 0.2) is 0 Å². The fourth-order valence-corrected chi connectivity index (χ4v) is 1.62. The first-order valence-corrected chi connectivity index (χ1v) is 4.83. The molecule has 76 valence electrons. The zero-order valence-electron chi connectivity index (χ0n) is 8.38. The number of nitrogens with zero attached hydrogens (tertiary/aromatic N) is 1. The summed E-state index contributed by atoms with van der Waals surface area (Å²) in [5.74, 6) is 0. The molecule has 0 atom stereocenters. The average Bonchev–Trinajstić information content (AvgIpc) is 2.19. The normalized spacial score (nSPS) is 19.8. The van der Waals surface area contributed by atoms with Gasteiger partial charge in [0, 0.05) is 19.1 Å². The van der Waals surface area contributed by atoms with Crippen molar-refractivity contribution in [1.82, 2.24) is 10.2 Å². The largest absolute Gasteiger partial charge is 0.453 e. The predicted octanol–water partition coefficient (Wildman–Crippen LogP) is 0.827. The quantitative estimate of drug-likeness (QED) is 0.694. The third-order valence-electron chi connectivity index (χ3n) is 2.54. The molecule has 1 rings (SSSR count). The Hall–Kier alpha value is -0.770. The van der Waals surface area contributed by atoms with E-state index in [1.165, 1.54) is 7.11 Å². The topological polar surface area (TPSA) is 41.6 Å². The molecule has 0 unspecified atom stereocenters. The van der Waals surface area contributed by atoms with Crippen molar-refractivity contribution in [3.05, 3.63) is 0 Å². The number of methoxy groups -OCH3 is 1. The number of nitrogens with one attached hydrogen (secondary N) is 1. The summed E-state index contributed by atoms with van der Waals surface area (Å²) in [6.45, 7) is 5.41. The maximum Gasteiger partial charge on any atom is 0.407 e. The monoisotopic (exact) mass is 186 g/mol. The van der Waals surface area contributed by atoms with E-state index in [0.717, 1.165) is 32.5 Å². The van der Waals surface area contributed by atoms with Gasteiger partial charge >= 0.3 is 6.09 Å². The summed E-state index contributed by atoms with van der Waals surface area (Å²) in [7, 11) is 1.40. The van der Waals surface area contributed by atoms with E-state index in [4.69, 9.17) is 0 Å². The van der Waals surface area contributed by atoms with Gasteiger partial charge in [-0.3, -0.25) is 0 Å². The van der Waals surface area contributed by atoms with E-state index >= 15 is 0 Å². The molecule has 1 heterocycles. The van der Waals surface area contributed by atoms with Crippen LogP contribution in [0, 0.1) is 0 Å². The Morgan fingerprint density at radius 2 is 2.15 bits per heavy atom. The van der Waals surface area contributed by atoms with Crippen LogP contribution < -0.4 is 5.32 Å². The standard InChI is InChI=1S/C9H18N2O2/c1-3-11-6-4-8(5-7-11)10-9(12)13-2/h8H,3-7H2,1-2H3,(H,10,12). The van der Waals surface area contributed by atoms with E-state index in [0.29, 0.717) is 6.04 Å². The second-order valence-electron chi connectivity index (χ2n) is 3.34. The minimum absolute atomic E-state index is 0.301. The number of likely N-dealkylation sites (tertiary alicyclic amines) is 1. The molecule has 0 aromatic rings. The van der Waals surface area contributed by atoms with Gasteiger partial charge in [-0.05, 0) is 19.4 Å². The van der Waals surface area contributed by atoms with E-state index < -0.39 is 0 Å². The molecule has 1 aliphatic rings. The molecule has 0 spiro atoms. The average molecular weight is 186 g/mol. The lowest BCUT2D eigenvalue weighted by molar-refractivity contribution is 0.153. The van der Waals surface area contributed by atoms with Crippen LogP contribution in [0.2, 0.25) is 0 Å². The van der Waals surface area contributed by atoms with Crippen molar-refractivity contribution in [2.45, 2.75) is 25.8 Å². The maximum atomic E-state index is 10.9. The molecule has 4 heteroatoms. The van der Waals surface area contributed by atoms with Crippen molar-refractivity contribution < 1.29 is 9.53 Å². The van der Waals surface area contributed by atoms with Crippen LogP contribution in [0.1, 0.15) is 19.8 Å². The first-order valence-electron chi connectivity index (χ1n) is 4.83. The van der Waals surface area contributed by atoms with Crippen molar-refractivity contribution in [2.24, 2.45) is 0 Å². The minimum Gasteiger partial charge on any atom is -0.453 e. The molecule has 1 aliphatic heterocycles. The molecular weight excluding hydrogens is 168 g/mol. The Bertz CT molecular complexity index is 165. The van der Waals surface area contributed by atoms with Gasteiger partial charge in [-0.25, -0.2) is 4.79 Å². The van der Waals surface area contributed by atoms with Crippen LogP contribution in [0.5, 0.6) is 0 Å². The summed E-state index contributed by atoms with van der Waals surface area (Å²) in [6.07, 6.45) is 1.75. The molecule has 0 saturated carbocycles. The molecule has 0 aromatic carbocycles. The zero-order valence-corrected chi connectivity index (χ0v) is 8.38. The second kappa shape index (κ2) is 5.07. The van der Waals surface area contributed by atoms with E-state index in [1.54, 1.807) is 0 Å². The Balaban J connectivity index is 2.21. The van der Waals surface area contributed by atoms with Gasteiger partial charge < -0.3 is 15.0 Å². The third kappa shape index (κ3) is 3.22. The smallest absolute Gasteiger partial charge is 0.407 e. The molecule has 1 fully saturated rings. The fraction of sp³-hybridized carbons (Fsp3) is 0.889. The highest BCUT2D eigenvalue weighted by Crippen LogP contribution is 2.09. The maximum absolute atomic E-state index is 10.9. The summed E-state index contributed by atoms with van der Waals surface area (Å²) >= 11 is 0. The number of hydrogen-bond acceptors (Lipinski definition) is 3. The van der Waals surface area contributed by atoms with Crippen LogP contribution in [0.25, 0.3) is 0 Å². The minimum atomic E-state index is -0.310. The highest BCUT2D eigenvalue weighted by atomic mass is 16.5. The van der Waals surface area contributed by atoms with Crippen molar-refractivity contribution in [1.29, 1.82) is 0 Å². The Morgan fingerprint density at radius 3 is 2.62 bits per heavy atom. The lowest BCUT2D eigenvalue weighted by atomic mass is 10.1. The molecule has 0 bridgehead atoms. The fourth-order valence-electron chi connectivity index (χ4n) is 1.62. The third-order valence-corrected chi connectivity index (χ3v) is 2.54. The van der Waals surface area contributed by atoms with Crippen molar-refractivity contribution in [2.75, 3.05) is 26.7 Å². The van der Waals surface area contributed by atoms with Gasteiger partial charge in [0.2, 0.25) is 0 Å². The van der Waals surface area contributed by atoms with Gasteiger partial charge in [0.15, 0.2) is 0 Å². The Labute approximate surface area is 79.2 Å². The summed E-state index contributed by atoms with van der Waals surface area (Å²) < 4.78 is 4.54. The van der Waals surface area contributed by atoms with Crippen molar-refractivity contribution in [3.8, 4) is 0 Å². The van der Waals surface area contributed by atoms with Crippen LogP contribution in [0.3, 0.4) is 0 Å². The molecule has 1 N–H and O–H groups in total. The first kappa shape index (κ1) is 10.3. The SMILES string of the molecule is CCN1CCC(NC(=O)OC)CC1. The molecule has 1 saturated heterocycles. The number of ether oxygens (including phenoxy) is 1. The number of rotatable bonds is 2. The first-order chi connectivity index (χ1) is 6.26.